The molecule has 104 valence electrons. The van der Waals surface area contributed by atoms with Gasteiger partial charge in [0.15, 0.2) is 0 Å². The van der Waals surface area contributed by atoms with Crippen LogP contribution >= 0.6 is 11.6 Å². The van der Waals surface area contributed by atoms with Gasteiger partial charge in [-0.25, -0.2) is 19.9 Å². The van der Waals surface area contributed by atoms with Gasteiger partial charge in [-0.3, -0.25) is 10.1 Å². The maximum Gasteiger partial charge on any atom is 0.305 e. The lowest BCUT2D eigenvalue weighted by atomic mass is 10.2. The van der Waals surface area contributed by atoms with Gasteiger partial charge in [0.1, 0.15) is 24.5 Å². The largest absolute Gasteiger partial charge is 0.308 e. The van der Waals surface area contributed by atoms with Crippen LogP contribution in [-0.4, -0.2) is 24.9 Å². The summed E-state index contributed by atoms with van der Waals surface area (Å²) < 4.78 is 0. The van der Waals surface area contributed by atoms with E-state index >= 15 is 0 Å². The Morgan fingerprint density at radius 1 is 1.14 bits per heavy atom. The lowest BCUT2D eigenvalue weighted by molar-refractivity contribution is -0.385. The maximum absolute atomic E-state index is 10.6. The average Bonchev–Trinajstić information content (AvgIpc) is 2.48. The average molecular weight is 303 g/mol. The van der Waals surface area contributed by atoms with Gasteiger partial charge in [-0.05, 0) is 18.2 Å². The van der Waals surface area contributed by atoms with Crippen molar-refractivity contribution in [2.24, 2.45) is 0 Å². The van der Waals surface area contributed by atoms with Gasteiger partial charge in [0.2, 0.25) is 5.95 Å². The second-order valence-electron chi connectivity index (χ2n) is 4.03. The molecule has 9 heteroatoms. The van der Waals surface area contributed by atoms with Crippen LogP contribution < -0.4 is 5.32 Å². The van der Waals surface area contributed by atoms with Crippen LogP contribution in [0.4, 0.5) is 17.5 Å². The van der Waals surface area contributed by atoms with E-state index in [2.05, 4.69) is 25.3 Å². The number of aromatic nitrogens is 4. The van der Waals surface area contributed by atoms with E-state index in [4.69, 9.17) is 11.6 Å². The predicted octanol–water partition coefficient (Wildman–Crippen LogP) is 2.73. The number of nitrogens with one attached hydrogen (secondary N) is 1. The lowest BCUT2D eigenvalue weighted by Gasteiger charge is -2.06. The SMILES string of the molecule is O=[N+]([O-])c1cnc(Nc2ncnc3ccc(Cl)cc23)nc1. The number of hydrogen-bond acceptors (Lipinski definition) is 7. The molecule has 0 saturated heterocycles. The van der Waals surface area contributed by atoms with Gasteiger partial charge >= 0.3 is 5.69 Å². The molecule has 0 unspecified atom stereocenters. The summed E-state index contributed by atoms with van der Waals surface area (Å²) in [6.07, 6.45) is 3.63. The number of nitro groups is 1. The summed E-state index contributed by atoms with van der Waals surface area (Å²) >= 11 is 5.96. The molecule has 0 bridgehead atoms. The molecule has 2 aromatic heterocycles. The Balaban J connectivity index is 1.97. The van der Waals surface area contributed by atoms with Gasteiger partial charge < -0.3 is 5.32 Å². The standard InChI is InChI=1S/C12H7ClN6O2/c13-7-1-2-10-9(3-7)11(17-6-16-10)18-12-14-4-8(5-15-12)19(20)21/h1-6H,(H,14,15,16,17,18). The number of anilines is 2. The highest BCUT2D eigenvalue weighted by Crippen LogP contribution is 2.24. The smallest absolute Gasteiger partial charge is 0.305 e. The van der Waals surface area contributed by atoms with Crippen LogP contribution in [0, 0.1) is 10.1 Å². The van der Waals surface area contributed by atoms with Crippen molar-refractivity contribution in [2.45, 2.75) is 0 Å². The normalized spacial score (nSPS) is 10.5. The third-order valence-corrected chi connectivity index (χ3v) is 2.91. The van der Waals surface area contributed by atoms with Gasteiger partial charge in [-0.2, -0.15) is 0 Å². The Kier molecular flexibility index (Phi) is 3.28. The summed E-state index contributed by atoms with van der Waals surface area (Å²) in [6, 6.07) is 5.20. The van der Waals surface area contributed by atoms with Crippen LogP contribution in [0.5, 0.6) is 0 Å². The molecule has 3 rings (SSSR count). The number of fused-ring (bicyclic) bond motifs is 1. The van der Waals surface area contributed by atoms with E-state index in [1.807, 2.05) is 0 Å². The summed E-state index contributed by atoms with van der Waals surface area (Å²) in [5, 5.41) is 14.7. The monoisotopic (exact) mass is 302 g/mol. The fourth-order valence-corrected chi connectivity index (χ4v) is 1.89. The molecule has 2 heterocycles. The Morgan fingerprint density at radius 3 is 2.62 bits per heavy atom. The van der Waals surface area contributed by atoms with Crippen molar-refractivity contribution in [1.82, 2.24) is 19.9 Å². The summed E-state index contributed by atoms with van der Waals surface area (Å²) in [5.74, 6) is 0.664. The van der Waals surface area contributed by atoms with Crippen LogP contribution in [0.3, 0.4) is 0 Å². The summed E-state index contributed by atoms with van der Waals surface area (Å²) in [6.45, 7) is 0. The number of benzene rings is 1. The second-order valence-corrected chi connectivity index (χ2v) is 4.47. The first-order valence-electron chi connectivity index (χ1n) is 5.77. The third kappa shape index (κ3) is 2.70. The van der Waals surface area contributed by atoms with E-state index in [-0.39, 0.29) is 11.6 Å². The first-order chi connectivity index (χ1) is 10.1. The van der Waals surface area contributed by atoms with Gasteiger partial charge in [0, 0.05) is 10.4 Å². The molecule has 0 spiro atoms. The van der Waals surface area contributed by atoms with Crippen molar-refractivity contribution in [1.29, 1.82) is 0 Å². The van der Waals surface area contributed by atoms with E-state index in [1.54, 1.807) is 18.2 Å². The fourth-order valence-electron chi connectivity index (χ4n) is 1.71. The van der Waals surface area contributed by atoms with Crippen LogP contribution in [0.2, 0.25) is 5.02 Å². The van der Waals surface area contributed by atoms with Crippen molar-refractivity contribution in [2.75, 3.05) is 5.32 Å². The first kappa shape index (κ1) is 13.1. The molecular weight excluding hydrogens is 296 g/mol. The lowest BCUT2D eigenvalue weighted by Crippen LogP contribution is -2.01. The minimum atomic E-state index is -0.566. The third-order valence-electron chi connectivity index (χ3n) is 2.68. The Morgan fingerprint density at radius 2 is 1.90 bits per heavy atom. The van der Waals surface area contributed by atoms with E-state index in [0.717, 1.165) is 12.4 Å². The zero-order valence-electron chi connectivity index (χ0n) is 10.4. The second kappa shape index (κ2) is 5.25. The highest BCUT2D eigenvalue weighted by Gasteiger charge is 2.09. The van der Waals surface area contributed by atoms with Crippen molar-refractivity contribution in [3.05, 3.63) is 52.1 Å². The summed E-state index contributed by atoms with van der Waals surface area (Å²) in [7, 11) is 0. The van der Waals surface area contributed by atoms with Crippen molar-refractivity contribution in [3.63, 3.8) is 0 Å². The topological polar surface area (TPSA) is 107 Å². The molecule has 0 aliphatic carbocycles. The Bertz CT molecular complexity index is 824. The predicted molar refractivity (Wildman–Crippen MR) is 76.5 cm³/mol. The molecule has 0 aliphatic rings. The van der Waals surface area contributed by atoms with E-state index in [1.165, 1.54) is 6.33 Å². The zero-order valence-corrected chi connectivity index (χ0v) is 11.2. The van der Waals surface area contributed by atoms with Gasteiger partial charge in [0.05, 0.1) is 10.4 Å². The van der Waals surface area contributed by atoms with Crippen molar-refractivity contribution < 1.29 is 4.92 Å². The number of halogens is 1. The molecule has 0 saturated carbocycles. The number of hydrogen-bond donors (Lipinski definition) is 1. The molecule has 0 aliphatic heterocycles. The molecule has 0 amide bonds. The van der Waals surface area contributed by atoms with E-state index < -0.39 is 4.92 Å². The molecule has 3 aromatic rings. The van der Waals surface area contributed by atoms with Crippen LogP contribution in [0.25, 0.3) is 10.9 Å². The minimum Gasteiger partial charge on any atom is -0.308 e. The Labute approximate surface area is 123 Å². The molecule has 0 radical (unpaired) electrons. The number of nitrogens with zero attached hydrogens (tertiary/aromatic N) is 5. The molecule has 0 atom stereocenters. The number of rotatable bonds is 3. The van der Waals surface area contributed by atoms with Gasteiger partial charge in [0.25, 0.3) is 0 Å². The summed E-state index contributed by atoms with van der Waals surface area (Å²) in [5.41, 5.74) is 0.523. The molecule has 8 nitrogen and oxygen atoms in total. The van der Waals surface area contributed by atoms with Gasteiger partial charge in [-0.15, -0.1) is 0 Å². The van der Waals surface area contributed by atoms with Crippen molar-refractivity contribution in [3.8, 4) is 0 Å². The van der Waals surface area contributed by atoms with Gasteiger partial charge in [-0.1, -0.05) is 11.6 Å². The highest BCUT2D eigenvalue weighted by molar-refractivity contribution is 6.31. The van der Waals surface area contributed by atoms with Crippen molar-refractivity contribution >= 4 is 40.0 Å². The molecule has 0 fully saturated rings. The minimum absolute atomic E-state index is 0.184. The first-order valence-corrected chi connectivity index (χ1v) is 6.15. The maximum atomic E-state index is 10.6. The highest BCUT2D eigenvalue weighted by atomic mass is 35.5. The molecule has 1 aromatic carbocycles. The molecule has 21 heavy (non-hydrogen) atoms. The van der Waals surface area contributed by atoms with Crippen LogP contribution in [0.15, 0.2) is 36.9 Å². The zero-order chi connectivity index (χ0) is 14.8. The molecule has 1 N–H and O–H groups in total. The quantitative estimate of drug-likeness (QED) is 0.585. The van der Waals surface area contributed by atoms with E-state index in [9.17, 15) is 10.1 Å². The van der Waals surface area contributed by atoms with Crippen LogP contribution in [0.1, 0.15) is 0 Å². The summed E-state index contributed by atoms with van der Waals surface area (Å²) in [4.78, 5) is 25.9. The van der Waals surface area contributed by atoms with E-state index in [0.29, 0.717) is 21.7 Å². The van der Waals surface area contributed by atoms with Crippen LogP contribution in [-0.2, 0) is 0 Å². The Hall–Kier alpha value is -2.87. The molecular formula is C12H7ClN6O2. The fraction of sp³-hybridized carbons (Fsp3) is 0.